The molecule has 0 radical (unpaired) electrons. The van der Waals surface area contributed by atoms with Crippen LogP contribution < -0.4 is 4.74 Å². The number of aliphatic hydroxyl groups is 1. The van der Waals surface area contributed by atoms with Crippen LogP contribution in [0.4, 0.5) is 0 Å². The molecule has 1 aromatic carbocycles. The summed E-state index contributed by atoms with van der Waals surface area (Å²) in [6, 6.07) is 6.12. The first-order valence-electron chi connectivity index (χ1n) is 8.58. The summed E-state index contributed by atoms with van der Waals surface area (Å²) in [6.07, 6.45) is 3.17. The number of fused-ring (bicyclic) bond motifs is 1. The van der Waals surface area contributed by atoms with Gasteiger partial charge in [-0.25, -0.2) is 0 Å². The van der Waals surface area contributed by atoms with Gasteiger partial charge in [0.15, 0.2) is 0 Å². The Morgan fingerprint density at radius 1 is 1.42 bits per heavy atom. The van der Waals surface area contributed by atoms with Crippen molar-refractivity contribution in [2.75, 3.05) is 33.4 Å². The van der Waals surface area contributed by atoms with E-state index in [0.29, 0.717) is 19.6 Å². The van der Waals surface area contributed by atoms with Crippen LogP contribution in [-0.4, -0.2) is 55.4 Å². The van der Waals surface area contributed by atoms with Crippen molar-refractivity contribution in [3.63, 3.8) is 0 Å². The number of nitrogens with zero attached hydrogens (tertiary/aromatic N) is 1. The van der Waals surface area contributed by atoms with Crippen molar-refractivity contribution in [2.24, 2.45) is 5.92 Å². The molecule has 0 aromatic heterocycles. The summed E-state index contributed by atoms with van der Waals surface area (Å²) < 4.78 is 10.4. The van der Waals surface area contributed by atoms with Crippen molar-refractivity contribution >= 4 is 17.6 Å². The molecular weight excluding hydrogens is 306 g/mol. The molecule has 5 nitrogen and oxygen atoms in total. The zero-order valence-corrected chi connectivity index (χ0v) is 14.3. The molecule has 0 bridgehead atoms. The lowest BCUT2D eigenvalue weighted by molar-refractivity contribution is -0.155. The van der Waals surface area contributed by atoms with Crippen molar-refractivity contribution in [1.82, 2.24) is 4.90 Å². The largest absolute Gasteiger partial charge is 0.497 e. The molecule has 1 aromatic rings. The highest BCUT2D eigenvalue weighted by Gasteiger charge is 2.34. The summed E-state index contributed by atoms with van der Waals surface area (Å²) >= 11 is 0. The Morgan fingerprint density at radius 3 is 3.00 bits per heavy atom. The summed E-state index contributed by atoms with van der Waals surface area (Å²) in [6.45, 7) is 4.41. The third-order valence-corrected chi connectivity index (χ3v) is 4.88. The number of hydrogen-bond acceptors (Lipinski definition) is 5. The maximum atomic E-state index is 12.0. The molecule has 24 heavy (non-hydrogen) atoms. The van der Waals surface area contributed by atoms with E-state index in [1.54, 1.807) is 14.0 Å². The van der Waals surface area contributed by atoms with Crippen LogP contribution in [0.3, 0.4) is 0 Å². The molecule has 1 saturated heterocycles. The van der Waals surface area contributed by atoms with Gasteiger partial charge in [-0.1, -0.05) is 12.1 Å². The van der Waals surface area contributed by atoms with Gasteiger partial charge >= 0.3 is 5.97 Å². The molecule has 1 N–H and O–H groups in total. The van der Waals surface area contributed by atoms with Gasteiger partial charge in [0, 0.05) is 19.6 Å². The van der Waals surface area contributed by atoms with Crippen LogP contribution >= 0.6 is 0 Å². The minimum absolute atomic E-state index is 0.285. The summed E-state index contributed by atoms with van der Waals surface area (Å²) in [5.41, 5.74) is 3.83. The smallest absolute Gasteiger partial charge is 0.312 e. The molecule has 1 aliphatic carbocycles. The third-order valence-electron chi connectivity index (χ3n) is 4.88. The first-order valence-corrected chi connectivity index (χ1v) is 8.58. The average molecular weight is 331 g/mol. The fourth-order valence-electron chi connectivity index (χ4n) is 3.43. The summed E-state index contributed by atoms with van der Waals surface area (Å²) in [5, 5.41) is 10.1. The summed E-state index contributed by atoms with van der Waals surface area (Å²) in [4.78, 5) is 14.2. The van der Waals surface area contributed by atoms with Gasteiger partial charge in [0.2, 0.25) is 0 Å². The number of esters is 1. The van der Waals surface area contributed by atoms with Crippen LogP contribution in [0.5, 0.6) is 5.75 Å². The third kappa shape index (κ3) is 3.47. The standard InChI is InChI=1S/C19H25NO4/c1-3-24-19(22)17-12-20(9-7-18(17)21)8-6-14-10-13-4-5-15(23-2)11-16(13)14/h4-5,10-11,17-18,21H,3,6-9,12H2,1-2H3/t17-,18+/m0/s1. The Balaban J connectivity index is 1.54. The zero-order chi connectivity index (χ0) is 17.1. The molecule has 5 heteroatoms. The second-order valence-corrected chi connectivity index (χ2v) is 6.39. The van der Waals surface area contributed by atoms with E-state index in [1.165, 1.54) is 16.7 Å². The molecule has 0 saturated carbocycles. The number of ether oxygens (including phenoxy) is 2. The molecule has 1 fully saturated rings. The number of hydrogen-bond donors (Lipinski definition) is 1. The Kier molecular flexibility index (Phi) is 5.21. The molecule has 3 rings (SSSR count). The molecule has 0 amide bonds. The number of benzene rings is 1. The highest BCUT2D eigenvalue weighted by molar-refractivity contribution is 5.96. The van der Waals surface area contributed by atoms with E-state index in [4.69, 9.17) is 9.47 Å². The normalized spacial score (nSPS) is 23.0. The van der Waals surface area contributed by atoms with Gasteiger partial charge in [-0.3, -0.25) is 4.79 Å². The van der Waals surface area contributed by atoms with Gasteiger partial charge in [0.1, 0.15) is 5.75 Å². The van der Waals surface area contributed by atoms with E-state index in [1.807, 2.05) is 6.07 Å². The number of piperidine rings is 1. The highest BCUT2D eigenvalue weighted by atomic mass is 16.5. The van der Waals surface area contributed by atoms with E-state index in [9.17, 15) is 9.90 Å². The van der Waals surface area contributed by atoms with Gasteiger partial charge < -0.3 is 19.5 Å². The van der Waals surface area contributed by atoms with Crippen LogP contribution in [0.15, 0.2) is 18.2 Å². The van der Waals surface area contributed by atoms with Crippen LogP contribution in [-0.2, 0) is 9.53 Å². The lowest BCUT2D eigenvalue weighted by atomic mass is 9.86. The number of aliphatic hydroxyl groups excluding tert-OH is 1. The fraction of sp³-hybridized carbons (Fsp3) is 0.526. The second kappa shape index (κ2) is 7.36. The van der Waals surface area contributed by atoms with Gasteiger partial charge in [-0.2, -0.15) is 0 Å². The molecule has 2 atom stereocenters. The Morgan fingerprint density at radius 2 is 2.25 bits per heavy atom. The zero-order valence-electron chi connectivity index (χ0n) is 14.3. The topological polar surface area (TPSA) is 59.0 Å². The highest BCUT2D eigenvalue weighted by Crippen LogP contribution is 2.37. The lowest BCUT2D eigenvalue weighted by Gasteiger charge is -2.35. The molecule has 2 aliphatic rings. The van der Waals surface area contributed by atoms with Crippen molar-refractivity contribution in [3.8, 4) is 5.75 Å². The van der Waals surface area contributed by atoms with Gasteiger partial charge in [-0.15, -0.1) is 0 Å². The molecule has 0 unspecified atom stereocenters. The van der Waals surface area contributed by atoms with Crippen LogP contribution in [0, 0.1) is 5.92 Å². The maximum absolute atomic E-state index is 12.0. The average Bonchev–Trinajstić information content (AvgIpc) is 2.57. The molecule has 1 heterocycles. The number of likely N-dealkylation sites (tertiary alicyclic amines) is 1. The summed E-state index contributed by atoms with van der Waals surface area (Å²) in [5.74, 6) is 0.164. The first-order chi connectivity index (χ1) is 11.6. The minimum Gasteiger partial charge on any atom is -0.497 e. The SMILES string of the molecule is CCOC(=O)[C@H]1CN(CCC2=Cc3ccc(OC)cc32)CC[C@H]1O. The molecule has 0 spiro atoms. The molecular formula is C19H25NO4. The van der Waals surface area contributed by atoms with Gasteiger partial charge in [-0.05, 0) is 48.6 Å². The monoisotopic (exact) mass is 331 g/mol. The minimum atomic E-state index is -0.590. The predicted molar refractivity (Wildman–Crippen MR) is 92.7 cm³/mol. The Hall–Kier alpha value is -1.85. The number of rotatable bonds is 6. The van der Waals surface area contributed by atoms with E-state index in [2.05, 4.69) is 23.1 Å². The second-order valence-electron chi connectivity index (χ2n) is 6.39. The molecule has 130 valence electrons. The van der Waals surface area contributed by atoms with Crippen molar-refractivity contribution in [2.45, 2.75) is 25.9 Å². The summed E-state index contributed by atoms with van der Waals surface area (Å²) in [7, 11) is 1.68. The quantitative estimate of drug-likeness (QED) is 0.810. The van der Waals surface area contributed by atoms with E-state index in [0.717, 1.165) is 25.3 Å². The molecule has 1 aliphatic heterocycles. The Labute approximate surface area is 142 Å². The van der Waals surface area contributed by atoms with Crippen molar-refractivity contribution < 1.29 is 19.4 Å². The lowest BCUT2D eigenvalue weighted by Crippen LogP contribution is -2.47. The maximum Gasteiger partial charge on any atom is 0.312 e. The number of methoxy groups -OCH3 is 1. The van der Waals surface area contributed by atoms with Crippen LogP contribution in [0.1, 0.15) is 30.9 Å². The van der Waals surface area contributed by atoms with E-state index >= 15 is 0 Å². The Bertz CT molecular complexity index is 640. The van der Waals surface area contributed by atoms with Gasteiger partial charge in [0.25, 0.3) is 0 Å². The van der Waals surface area contributed by atoms with Crippen molar-refractivity contribution in [1.29, 1.82) is 0 Å². The van der Waals surface area contributed by atoms with E-state index < -0.39 is 12.0 Å². The van der Waals surface area contributed by atoms with Crippen LogP contribution in [0.2, 0.25) is 0 Å². The predicted octanol–water partition coefficient (Wildman–Crippen LogP) is 2.19. The van der Waals surface area contributed by atoms with Gasteiger partial charge in [0.05, 0.1) is 25.7 Å². The number of carbonyl (C=O) groups is 1. The fourth-order valence-corrected chi connectivity index (χ4v) is 3.43. The first kappa shape index (κ1) is 17.0. The van der Waals surface area contributed by atoms with E-state index in [-0.39, 0.29) is 5.97 Å². The van der Waals surface area contributed by atoms with Crippen LogP contribution in [0.25, 0.3) is 11.6 Å². The number of carbonyl (C=O) groups excluding carboxylic acids is 1. The van der Waals surface area contributed by atoms with Crippen molar-refractivity contribution in [3.05, 3.63) is 29.3 Å².